The van der Waals surface area contributed by atoms with Gasteiger partial charge in [0.25, 0.3) is 0 Å². The largest absolute Gasteiger partial charge is 0.465 e. The molecule has 0 radical (unpaired) electrons. The maximum Gasteiger partial charge on any atom is 0.314 e. The van der Waals surface area contributed by atoms with E-state index in [2.05, 4.69) is 0 Å². The highest BCUT2D eigenvalue weighted by atomic mass is 32.1. The maximum absolute atomic E-state index is 12.7. The van der Waals surface area contributed by atoms with Gasteiger partial charge in [-0.2, -0.15) is 0 Å². The first-order valence-electron chi connectivity index (χ1n) is 8.16. The summed E-state index contributed by atoms with van der Waals surface area (Å²) >= 11 is 1.45. The second-order valence-electron chi connectivity index (χ2n) is 5.82. The number of nitrogens with zero attached hydrogens (tertiary/aromatic N) is 1. The number of thiophene rings is 1. The van der Waals surface area contributed by atoms with E-state index in [9.17, 15) is 9.59 Å². The Morgan fingerprint density at radius 3 is 2.91 bits per heavy atom. The van der Waals surface area contributed by atoms with Crippen molar-refractivity contribution in [3.8, 4) is 0 Å². The van der Waals surface area contributed by atoms with E-state index in [0.717, 1.165) is 42.8 Å². The summed E-state index contributed by atoms with van der Waals surface area (Å²) in [5.74, 6) is -0.383. The Labute approximate surface area is 140 Å². The van der Waals surface area contributed by atoms with Gasteiger partial charge in [-0.05, 0) is 42.8 Å². The molecule has 1 unspecified atom stereocenters. The molecule has 4 nitrogen and oxygen atoms in total. The third kappa shape index (κ3) is 3.24. The number of hydrogen-bond acceptors (Lipinski definition) is 4. The molecular formula is C18H21NO3S. The summed E-state index contributed by atoms with van der Waals surface area (Å²) in [4.78, 5) is 25.8. The third-order valence-corrected chi connectivity index (χ3v) is 5.08. The summed E-state index contributed by atoms with van der Waals surface area (Å²) in [5, 5.41) is 1.91. The van der Waals surface area contributed by atoms with Crippen molar-refractivity contribution in [3.05, 3.63) is 45.9 Å². The van der Waals surface area contributed by atoms with E-state index in [1.165, 1.54) is 11.3 Å². The van der Waals surface area contributed by atoms with Gasteiger partial charge in [-0.25, -0.2) is 0 Å². The van der Waals surface area contributed by atoms with Crippen LogP contribution in [-0.4, -0.2) is 22.9 Å². The summed E-state index contributed by atoms with van der Waals surface area (Å²) in [6.07, 6.45) is 3.56. The molecular weight excluding hydrogens is 310 g/mol. The summed E-state index contributed by atoms with van der Waals surface area (Å²) in [5.41, 5.74) is 1.60. The smallest absolute Gasteiger partial charge is 0.314 e. The molecule has 0 aromatic carbocycles. The number of ether oxygens (including phenoxy) is 1. The van der Waals surface area contributed by atoms with Crippen LogP contribution >= 0.6 is 11.3 Å². The molecule has 3 rings (SSSR count). The first-order chi connectivity index (χ1) is 11.2. The minimum absolute atomic E-state index is 0.0359. The molecule has 0 saturated carbocycles. The highest BCUT2D eigenvalue weighted by Crippen LogP contribution is 2.31. The number of carbonyl (C=O) groups excluding carboxylic acids is 2. The van der Waals surface area contributed by atoms with E-state index in [1.807, 2.05) is 41.1 Å². The van der Waals surface area contributed by atoms with E-state index in [-0.39, 0.29) is 17.7 Å². The van der Waals surface area contributed by atoms with Crippen molar-refractivity contribution >= 4 is 23.1 Å². The monoisotopic (exact) mass is 331 g/mol. The Hall–Kier alpha value is -1.88. The van der Waals surface area contributed by atoms with Crippen molar-refractivity contribution in [1.82, 2.24) is 4.57 Å². The summed E-state index contributed by atoms with van der Waals surface area (Å²) in [6, 6.07) is 7.50. The van der Waals surface area contributed by atoms with Crippen molar-refractivity contribution in [2.75, 3.05) is 6.61 Å². The van der Waals surface area contributed by atoms with Gasteiger partial charge in [-0.15, -0.1) is 11.3 Å². The van der Waals surface area contributed by atoms with Crippen LogP contribution in [0.4, 0.5) is 0 Å². The molecule has 1 aliphatic rings. The molecule has 0 spiro atoms. The molecule has 0 aliphatic carbocycles. The third-order valence-electron chi connectivity index (χ3n) is 4.21. The van der Waals surface area contributed by atoms with Gasteiger partial charge in [0.15, 0.2) is 0 Å². The van der Waals surface area contributed by atoms with E-state index >= 15 is 0 Å². The van der Waals surface area contributed by atoms with Gasteiger partial charge in [0, 0.05) is 12.2 Å². The van der Waals surface area contributed by atoms with Crippen LogP contribution < -0.4 is 0 Å². The molecule has 3 heterocycles. The minimum atomic E-state index is -0.256. The molecule has 0 N–H and O–H groups in total. The lowest BCUT2D eigenvalue weighted by Gasteiger charge is -2.16. The Morgan fingerprint density at radius 1 is 1.30 bits per heavy atom. The summed E-state index contributed by atoms with van der Waals surface area (Å²) in [7, 11) is 0. The fraction of sp³-hybridized carbons (Fsp3) is 0.444. The minimum Gasteiger partial charge on any atom is -0.465 e. The maximum atomic E-state index is 12.7. The molecule has 0 amide bonds. The Morgan fingerprint density at radius 2 is 2.17 bits per heavy atom. The van der Waals surface area contributed by atoms with Crippen molar-refractivity contribution < 1.29 is 14.3 Å². The van der Waals surface area contributed by atoms with Crippen LogP contribution in [0, 0.1) is 0 Å². The lowest BCUT2D eigenvalue weighted by atomic mass is 10.00. The second kappa shape index (κ2) is 7.13. The molecule has 2 aromatic heterocycles. The van der Waals surface area contributed by atoms with E-state index in [4.69, 9.17) is 4.74 Å². The van der Waals surface area contributed by atoms with Gasteiger partial charge in [0.1, 0.15) is 0 Å². The normalized spacial score (nSPS) is 17.3. The van der Waals surface area contributed by atoms with Crippen LogP contribution in [0.25, 0.3) is 0 Å². The molecule has 0 saturated heterocycles. The lowest BCUT2D eigenvalue weighted by Crippen LogP contribution is -2.19. The van der Waals surface area contributed by atoms with Gasteiger partial charge in [-0.3, -0.25) is 9.59 Å². The first kappa shape index (κ1) is 16.0. The van der Waals surface area contributed by atoms with Crippen molar-refractivity contribution in [1.29, 1.82) is 0 Å². The molecule has 122 valence electrons. The molecule has 0 fully saturated rings. The fourth-order valence-electron chi connectivity index (χ4n) is 3.08. The van der Waals surface area contributed by atoms with Crippen LogP contribution in [0.1, 0.15) is 59.6 Å². The molecule has 1 atom stereocenters. The quantitative estimate of drug-likeness (QED) is 0.614. The van der Waals surface area contributed by atoms with Crippen molar-refractivity contribution in [3.63, 3.8) is 0 Å². The standard InChI is InChI=1S/C18H21NO3S/c1-2-11-22-18(21)13-6-3-4-10-19-14(13)8-9-15(19)17(20)16-7-5-12-23-16/h5,7-9,12-13H,2-4,6,10-11H2,1H3. The molecule has 0 bridgehead atoms. The van der Waals surface area contributed by atoms with Crippen LogP contribution in [0.3, 0.4) is 0 Å². The van der Waals surface area contributed by atoms with E-state index in [0.29, 0.717) is 12.3 Å². The number of ketones is 1. The van der Waals surface area contributed by atoms with Gasteiger partial charge >= 0.3 is 5.97 Å². The Kier molecular flexibility index (Phi) is 4.96. The van der Waals surface area contributed by atoms with Crippen molar-refractivity contribution in [2.45, 2.75) is 45.1 Å². The number of fused-ring (bicyclic) bond motifs is 1. The zero-order valence-electron chi connectivity index (χ0n) is 13.3. The van der Waals surface area contributed by atoms with Gasteiger partial charge in [-0.1, -0.05) is 19.4 Å². The predicted molar refractivity (Wildman–Crippen MR) is 90.0 cm³/mol. The van der Waals surface area contributed by atoms with Gasteiger partial charge in [0.05, 0.1) is 23.1 Å². The van der Waals surface area contributed by atoms with Gasteiger partial charge in [0.2, 0.25) is 5.78 Å². The number of hydrogen-bond donors (Lipinski definition) is 0. The number of esters is 1. The summed E-state index contributed by atoms with van der Waals surface area (Å²) in [6.45, 7) is 3.23. The SMILES string of the molecule is CCCOC(=O)C1CCCCn2c(C(=O)c3cccs3)ccc21. The fourth-order valence-corrected chi connectivity index (χ4v) is 3.75. The Balaban J connectivity index is 1.91. The average molecular weight is 331 g/mol. The van der Waals surface area contributed by atoms with E-state index in [1.54, 1.807) is 0 Å². The highest BCUT2D eigenvalue weighted by molar-refractivity contribution is 7.12. The van der Waals surface area contributed by atoms with Crippen LogP contribution in [0.2, 0.25) is 0 Å². The lowest BCUT2D eigenvalue weighted by molar-refractivity contribution is -0.145. The molecule has 1 aliphatic heterocycles. The average Bonchev–Trinajstić information content (AvgIpc) is 3.18. The van der Waals surface area contributed by atoms with Crippen LogP contribution in [0.15, 0.2) is 29.6 Å². The predicted octanol–water partition coefficient (Wildman–Crippen LogP) is 4.00. The molecule has 23 heavy (non-hydrogen) atoms. The Bertz CT molecular complexity index is 687. The zero-order chi connectivity index (χ0) is 16.2. The highest BCUT2D eigenvalue weighted by Gasteiger charge is 2.29. The number of aromatic nitrogens is 1. The molecule has 2 aromatic rings. The zero-order valence-corrected chi connectivity index (χ0v) is 14.1. The topological polar surface area (TPSA) is 48.3 Å². The molecule has 5 heteroatoms. The van der Waals surface area contributed by atoms with Crippen molar-refractivity contribution in [2.24, 2.45) is 0 Å². The second-order valence-corrected chi connectivity index (χ2v) is 6.77. The summed E-state index contributed by atoms with van der Waals surface area (Å²) < 4.78 is 7.37. The number of rotatable bonds is 5. The van der Waals surface area contributed by atoms with Crippen LogP contribution in [0.5, 0.6) is 0 Å². The van der Waals surface area contributed by atoms with E-state index < -0.39 is 0 Å². The van der Waals surface area contributed by atoms with Crippen LogP contribution in [-0.2, 0) is 16.1 Å². The first-order valence-corrected chi connectivity index (χ1v) is 9.04. The number of carbonyl (C=O) groups is 2. The van der Waals surface area contributed by atoms with Gasteiger partial charge < -0.3 is 9.30 Å².